The lowest BCUT2D eigenvalue weighted by Crippen LogP contribution is -2.33. The predicted octanol–water partition coefficient (Wildman–Crippen LogP) is 5.35. The van der Waals surface area contributed by atoms with Gasteiger partial charge in [0, 0.05) is 12.0 Å². The van der Waals surface area contributed by atoms with Gasteiger partial charge in [-0.3, -0.25) is 0 Å². The van der Waals surface area contributed by atoms with Crippen molar-refractivity contribution in [1.82, 2.24) is 5.01 Å². The minimum atomic E-state index is -0.353. The van der Waals surface area contributed by atoms with Crippen molar-refractivity contribution in [1.29, 1.82) is 0 Å². The summed E-state index contributed by atoms with van der Waals surface area (Å²) in [6.45, 7) is 0. The van der Waals surface area contributed by atoms with Crippen molar-refractivity contribution >= 4 is 33.0 Å². The predicted molar refractivity (Wildman–Crippen MR) is 96.3 cm³/mol. The Kier molecular flexibility index (Phi) is 3.28. The van der Waals surface area contributed by atoms with E-state index in [0.29, 0.717) is 4.67 Å². The van der Waals surface area contributed by atoms with E-state index in [4.69, 9.17) is 14.3 Å². The van der Waals surface area contributed by atoms with Crippen molar-refractivity contribution in [2.45, 2.75) is 18.7 Å². The second-order valence-corrected chi connectivity index (χ2v) is 7.50. The third-order valence-electron chi connectivity index (χ3n) is 4.34. The van der Waals surface area contributed by atoms with Crippen molar-refractivity contribution in [3.05, 3.63) is 74.8 Å². The maximum atomic E-state index is 6.22. The quantitative estimate of drug-likeness (QED) is 0.581. The average molecular weight is 401 g/mol. The fourth-order valence-corrected chi connectivity index (χ4v) is 4.31. The molecule has 0 amide bonds. The molecule has 0 aliphatic carbocycles. The summed E-state index contributed by atoms with van der Waals surface area (Å²) in [5.74, 6) is 1.65. The van der Waals surface area contributed by atoms with Gasteiger partial charge in [-0.1, -0.05) is 24.3 Å². The highest BCUT2D eigenvalue weighted by Gasteiger charge is 2.42. The molecule has 0 N–H and O–H groups in total. The summed E-state index contributed by atoms with van der Waals surface area (Å²) in [6.07, 6.45) is 0.521. The number of nitrogens with zero attached hydrogens (tertiary/aromatic N) is 2. The van der Waals surface area contributed by atoms with Crippen molar-refractivity contribution in [3.63, 3.8) is 0 Å². The van der Waals surface area contributed by atoms with E-state index in [-0.39, 0.29) is 12.3 Å². The Bertz CT molecular complexity index is 919. The number of furan rings is 1. The van der Waals surface area contributed by atoms with Gasteiger partial charge in [-0.2, -0.15) is 5.10 Å². The molecule has 4 nitrogen and oxygen atoms in total. The molecule has 120 valence electrons. The third-order valence-corrected chi connectivity index (χ3v) is 5.69. The lowest BCUT2D eigenvalue weighted by Gasteiger charge is -2.36. The van der Waals surface area contributed by atoms with Gasteiger partial charge in [-0.15, -0.1) is 11.3 Å². The molecule has 2 atom stereocenters. The van der Waals surface area contributed by atoms with E-state index in [1.807, 2.05) is 35.3 Å². The van der Waals surface area contributed by atoms with Crippen LogP contribution in [0.25, 0.3) is 0 Å². The number of fused-ring (bicyclic) bond motifs is 3. The molecule has 2 aliphatic heterocycles. The molecule has 24 heavy (non-hydrogen) atoms. The fraction of sp³-hybridized carbons (Fsp3) is 0.167. The Labute approximate surface area is 151 Å². The summed E-state index contributed by atoms with van der Waals surface area (Å²) in [5, 5.41) is 8.99. The summed E-state index contributed by atoms with van der Waals surface area (Å²) < 4.78 is 12.7. The normalized spacial score (nSPS) is 21.9. The molecule has 0 unspecified atom stereocenters. The molecule has 3 aromatic rings. The first-order valence-corrected chi connectivity index (χ1v) is 9.37. The van der Waals surface area contributed by atoms with Crippen LogP contribution in [-0.2, 0) is 0 Å². The van der Waals surface area contributed by atoms with E-state index < -0.39 is 0 Å². The third kappa shape index (κ3) is 2.21. The molecule has 0 spiro atoms. The fourth-order valence-electron chi connectivity index (χ4n) is 3.27. The van der Waals surface area contributed by atoms with Gasteiger partial charge in [-0.05, 0) is 45.6 Å². The molecule has 0 saturated heterocycles. The van der Waals surface area contributed by atoms with Crippen LogP contribution in [0.5, 0.6) is 5.75 Å². The Morgan fingerprint density at radius 2 is 2.04 bits per heavy atom. The molecule has 6 heteroatoms. The summed E-state index contributed by atoms with van der Waals surface area (Å²) in [6, 6.07) is 16.3. The molecule has 4 heterocycles. The van der Waals surface area contributed by atoms with E-state index >= 15 is 0 Å². The molecular weight excluding hydrogens is 388 g/mol. The Morgan fingerprint density at radius 3 is 2.83 bits per heavy atom. The van der Waals surface area contributed by atoms with E-state index in [2.05, 4.69) is 39.5 Å². The minimum absolute atomic E-state index is 0.168. The van der Waals surface area contributed by atoms with E-state index in [0.717, 1.165) is 23.6 Å². The SMILES string of the molecule is Brc1ccc([C@@H]2Oc3ccccc3[C@@H]3CC(c4cccs4)=NN32)o1. The summed E-state index contributed by atoms with van der Waals surface area (Å²) >= 11 is 5.09. The first-order chi connectivity index (χ1) is 11.8. The van der Waals surface area contributed by atoms with Crippen LogP contribution in [0.2, 0.25) is 0 Å². The molecule has 2 aromatic heterocycles. The highest BCUT2D eigenvalue weighted by Crippen LogP contribution is 2.47. The summed E-state index contributed by atoms with van der Waals surface area (Å²) in [7, 11) is 0. The molecular formula is C18H13BrN2O2S. The largest absolute Gasteiger partial charge is 0.461 e. The zero-order valence-electron chi connectivity index (χ0n) is 12.6. The molecule has 5 rings (SSSR count). The smallest absolute Gasteiger partial charge is 0.246 e. The van der Waals surface area contributed by atoms with E-state index in [1.54, 1.807) is 11.3 Å². The maximum Gasteiger partial charge on any atom is 0.246 e. The van der Waals surface area contributed by atoms with Gasteiger partial charge in [0.25, 0.3) is 0 Å². The van der Waals surface area contributed by atoms with Gasteiger partial charge in [0.15, 0.2) is 10.4 Å². The van der Waals surface area contributed by atoms with Crippen molar-refractivity contribution in [2.24, 2.45) is 5.10 Å². The monoisotopic (exact) mass is 400 g/mol. The maximum absolute atomic E-state index is 6.22. The zero-order valence-corrected chi connectivity index (χ0v) is 15.0. The van der Waals surface area contributed by atoms with Crippen LogP contribution in [0.4, 0.5) is 0 Å². The number of benzene rings is 1. The number of hydrogen-bond donors (Lipinski definition) is 0. The lowest BCUT2D eigenvalue weighted by atomic mass is 9.98. The van der Waals surface area contributed by atoms with E-state index in [1.165, 1.54) is 10.4 Å². The minimum Gasteiger partial charge on any atom is -0.461 e. The zero-order chi connectivity index (χ0) is 16.1. The molecule has 0 saturated carbocycles. The van der Waals surface area contributed by atoms with Crippen LogP contribution in [0, 0.1) is 0 Å². The Hall–Kier alpha value is -2.05. The standard InChI is InChI=1S/C18H13BrN2O2S/c19-17-8-7-15(22-17)18-21-13(11-4-1-2-5-14(11)23-18)10-12(20-21)16-6-3-9-24-16/h1-9,13,18H,10H2/t13-,18-/m0/s1. The Morgan fingerprint density at radius 1 is 1.12 bits per heavy atom. The van der Waals surface area contributed by atoms with Crippen LogP contribution < -0.4 is 4.74 Å². The van der Waals surface area contributed by atoms with Gasteiger partial charge in [0.2, 0.25) is 6.23 Å². The van der Waals surface area contributed by atoms with Crippen molar-refractivity contribution in [2.75, 3.05) is 0 Å². The number of ether oxygens (including phenoxy) is 1. The van der Waals surface area contributed by atoms with Crippen LogP contribution in [0.15, 0.2) is 68.1 Å². The van der Waals surface area contributed by atoms with Crippen molar-refractivity contribution < 1.29 is 9.15 Å². The number of hydrogen-bond acceptors (Lipinski definition) is 5. The molecule has 1 aromatic carbocycles. The van der Waals surface area contributed by atoms with Crippen molar-refractivity contribution in [3.8, 4) is 5.75 Å². The molecule has 0 bridgehead atoms. The number of hydrazone groups is 1. The highest BCUT2D eigenvalue weighted by atomic mass is 79.9. The van der Waals surface area contributed by atoms with Gasteiger partial charge in [0.05, 0.1) is 16.6 Å². The first-order valence-electron chi connectivity index (χ1n) is 7.70. The molecule has 2 aliphatic rings. The lowest BCUT2D eigenvalue weighted by molar-refractivity contribution is -0.0329. The Balaban J connectivity index is 1.61. The summed E-state index contributed by atoms with van der Waals surface area (Å²) in [5.41, 5.74) is 2.28. The van der Waals surface area contributed by atoms with Crippen LogP contribution in [0.1, 0.15) is 34.9 Å². The molecule has 0 fully saturated rings. The van der Waals surface area contributed by atoms with Crippen LogP contribution in [0.3, 0.4) is 0 Å². The number of rotatable bonds is 2. The topological polar surface area (TPSA) is 38.0 Å². The number of halogens is 1. The van der Waals surface area contributed by atoms with Gasteiger partial charge < -0.3 is 9.15 Å². The van der Waals surface area contributed by atoms with Gasteiger partial charge >= 0.3 is 0 Å². The van der Waals surface area contributed by atoms with E-state index in [9.17, 15) is 0 Å². The number of thiophene rings is 1. The summed E-state index contributed by atoms with van der Waals surface area (Å²) in [4.78, 5) is 1.21. The van der Waals surface area contributed by atoms with Gasteiger partial charge in [-0.25, -0.2) is 5.01 Å². The second kappa shape index (κ2) is 5.50. The average Bonchev–Trinajstić information content (AvgIpc) is 3.34. The molecule has 0 radical (unpaired) electrons. The highest BCUT2D eigenvalue weighted by molar-refractivity contribution is 9.10. The number of para-hydroxylation sites is 1. The van der Waals surface area contributed by atoms with Crippen LogP contribution >= 0.6 is 27.3 Å². The van der Waals surface area contributed by atoms with Crippen LogP contribution in [-0.4, -0.2) is 10.7 Å². The van der Waals surface area contributed by atoms with Gasteiger partial charge in [0.1, 0.15) is 5.75 Å². The second-order valence-electron chi connectivity index (χ2n) is 5.77. The first kappa shape index (κ1) is 14.3.